The van der Waals surface area contributed by atoms with Gasteiger partial charge in [-0.25, -0.2) is 14.7 Å². The summed E-state index contributed by atoms with van der Waals surface area (Å²) in [6.07, 6.45) is -0.597. The Morgan fingerprint density at radius 1 is 1.24 bits per heavy atom. The van der Waals surface area contributed by atoms with Crippen molar-refractivity contribution in [3.63, 3.8) is 0 Å². The maximum atomic E-state index is 9.65. The molecule has 0 aromatic carbocycles. The van der Waals surface area contributed by atoms with E-state index in [-0.39, 0.29) is 5.92 Å². The predicted octanol–water partition coefficient (Wildman–Crippen LogP) is -0.161. The third-order valence-corrected chi connectivity index (χ3v) is 2.76. The lowest BCUT2D eigenvalue weighted by Gasteiger charge is -2.34. The molecule has 2 unspecified atom stereocenters. The molecule has 7 nitrogen and oxygen atoms in total. The van der Waals surface area contributed by atoms with E-state index in [0.717, 1.165) is 0 Å². The number of rotatable bonds is 7. The van der Waals surface area contributed by atoms with E-state index >= 15 is 0 Å². The lowest BCUT2D eigenvalue weighted by Crippen LogP contribution is -2.45. The summed E-state index contributed by atoms with van der Waals surface area (Å²) in [4.78, 5) is 20.2. The van der Waals surface area contributed by atoms with Gasteiger partial charge in [-0.15, -0.1) is 0 Å². The Balaban J connectivity index is 2.25. The molecular weight excluding hydrogens is 230 g/mol. The van der Waals surface area contributed by atoms with Crippen LogP contribution in [0.3, 0.4) is 0 Å². The summed E-state index contributed by atoms with van der Waals surface area (Å²) in [6.45, 7) is 3.38. The van der Waals surface area contributed by atoms with Crippen molar-refractivity contribution in [2.75, 3.05) is 26.8 Å². The van der Waals surface area contributed by atoms with Crippen LogP contribution in [0.1, 0.15) is 19.8 Å². The quantitative estimate of drug-likeness (QED) is 0.369. The van der Waals surface area contributed by atoms with Crippen LogP contribution in [0.2, 0.25) is 0 Å². The number of aliphatic hydroxyl groups excluding tert-OH is 2. The summed E-state index contributed by atoms with van der Waals surface area (Å²) in [6, 6.07) is 0. The van der Waals surface area contributed by atoms with Crippen molar-refractivity contribution in [3.05, 3.63) is 0 Å². The van der Waals surface area contributed by atoms with Crippen LogP contribution in [0.4, 0.5) is 0 Å². The molecule has 0 radical (unpaired) electrons. The highest BCUT2D eigenvalue weighted by atomic mass is 17.2. The molecule has 0 amide bonds. The topological polar surface area (TPSA) is 80.6 Å². The standard InChI is InChI=1S/C10H21NO6/c1-3-15-16-9(12)8-4-6-11(7-5-8)10(13)17-14-2/h8-10,12-13H,3-7H2,1-2H3. The highest BCUT2D eigenvalue weighted by Gasteiger charge is 2.29. The summed E-state index contributed by atoms with van der Waals surface area (Å²) in [5.74, 6) is 0.00699. The Morgan fingerprint density at radius 2 is 1.88 bits per heavy atom. The minimum absolute atomic E-state index is 0.00699. The van der Waals surface area contributed by atoms with Crippen LogP contribution >= 0.6 is 0 Å². The molecule has 1 aliphatic heterocycles. The number of aliphatic hydroxyl groups is 2. The zero-order chi connectivity index (χ0) is 12.7. The lowest BCUT2D eigenvalue weighted by molar-refractivity contribution is -0.398. The van der Waals surface area contributed by atoms with E-state index in [9.17, 15) is 10.2 Å². The molecule has 0 aromatic heterocycles. The van der Waals surface area contributed by atoms with Gasteiger partial charge in [0.1, 0.15) is 0 Å². The van der Waals surface area contributed by atoms with E-state index < -0.39 is 12.7 Å². The molecule has 0 bridgehead atoms. The van der Waals surface area contributed by atoms with Crippen LogP contribution in [0.15, 0.2) is 0 Å². The maximum absolute atomic E-state index is 9.65. The van der Waals surface area contributed by atoms with Gasteiger partial charge in [-0.2, -0.15) is 4.89 Å². The Hall–Kier alpha value is -0.280. The molecule has 0 saturated carbocycles. The first kappa shape index (κ1) is 14.8. The fourth-order valence-electron chi connectivity index (χ4n) is 1.79. The van der Waals surface area contributed by atoms with Crippen LogP contribution in [0.25, 0.3) is 0 Å². The fraction of sp³-hybridized carbons (Fsp3) is 1.00. The van der Waals surface area contributed by atoms with E-state index in [0.29, 0.717) is 32.5 Å². The molecule has 7 heteroatoms. The molecular formula is C10H21NO6. The number of piperidine rings is 1. The number of hydrogen-bond acceptors (Lipinski definition) is 7. The lowest BCUT2D eigenvalue weighted by atomic mass is 9.96. The summed E-state index contributed by atoms with van der Waals surface area (Å²) in [5.41, 5.74) is 0. The van der Waals surface area contributed by atoms with Gasteiger partial charge in [0.05, 0.1) is 13.7 Å². The van der Waals surface area contributed by atoms with Gasteiger partial charge in [0.15, 0.2) is 6.29 Å². The van der Waals surface area contributed by atoms with Crippen molar-refractivity contribution >= 4 is 0 Å². The van der Waals surface area contributed by atoms with Gasteiger partial charge in [-0.3, -0.25) is 4.90 Å². The minimum atomic E-state index is -1.06. The second kappa shape index (κ2) is 7.93. The smallest absolute Gasteiger partial charge is 0.247 e. The van der Waals surface area contributed by atoms with Gasteiger partial charge in [-0.1, -0.05) is 0 Å². The normalized spacial score (nSPS) is 22.6. The van der Waals surface area contributed by atoms with Gasteiger partial charge in [0.2, 0.25) is 6.41 Å². The average molecular weight is 251 g/mol. The van der Waals surface area contributed by atoms with Crippen molar-refractivity contribution in [2.24, 2.45) is 5.92 Å². The Morgan fingerprint density at radius 3 is 2.41 bits per heavy atom. The summed E-state index contributed by atoms with van der Waals surface area (Å²) in [7, 11) is 1.34. The van der Waals surface area contributed by atoms with E-state index in [1.54, 1.807) is 11.8 Å². The summed E-state index contributed by atoms with van der Waals surface area (Å²) in [5, 5.41) is 19.1. The molecule has 102 valence electrons. The van der Waals surface area contributed by atoms with E-state index in [1.165, 1.54) is 7.11 Å². The summed E-state index contributed by atoms with van der Waals surface area (Å²) >= 11 is 0. The molecule has 1 saturated heterocycles. The molecule has 2 N–H and O–H groups in total. The van der Waals surface area contributed by atoms with Gasteiger partial charge in [0, 0.05) is 19.0 Å². The molecule has 0 aliphatic carbocycles. The number of hydrogen-bond donors (Lipinski definition) is 2. The van der Waals surface area contributed by atoms with Gasteiger partial charge >= 0.3 is 0 Å². The average Bonchev–Trinajstić information content (AvgIpc) is 2.36. The Labute approximate surface area is 101 Å². The molecule has 0 spiro atoms. The van der Waals surface area contributed by atoms with Crippen molar-refractivity contribution in [1.82, 2.24) is 4.90 Å². The first-order valence-electron chi connectivity index (χ1n) is 5.77. The largest absolute Gasteiger partial charge is 0.365 e. The second-order valence-corrected chi connectivity index (χ2v) is 3.86. The number of nitrogens with zero attached hydrogens (tertiary/aromatic N) is 1. The molecule has 17 heavy (non-hydrogen) atoms. The van der Waals surface area contributed by atoms with Crippen molar-refractivity contribution in [1.29, 1.82) is 0 Å². The van der Waals surface area contributed by atoms with Crippen molar-refractivity contribution in [3.8, 4) is 0 Å². The van der Waals surface area contributed by atoms with Gasteiger partial charge in [0.25, 0.3) is 0 Å². The minimum Gasteiger partial charge on any atom is -0.365 e. The highest BCUT2D eigenvalue weighted by Crippen LogP contribution is 2.22. The van der Waals surface area contributed by atoms with Crippen molar-refractivity contribution < 1.29 is 29.8 Å². The van der Waals surface area contributed by atoms with Crippen LogP contribution in [-0.4, -0.2) is 54.6 Å². The monoisotopic (exact) mass is 251 g/mol. The highest BCUT2D eigenvalue weighted by molar-refractivity contribution is 4.73. The molecule has 0 aromatic rings. The third kappa shape index (κ3) is 4.84. The van der Waals surface area contributed by atoms with Gasteiger partial charge < -0.3 is 10.2 Å². The van der Waals surface area contributed by atoms with E-state index in [2.05, 4.69) is 9.78 Å². The third-order valence-electron chi connectivity index (χ3n) is 2.76. The molecule has 1 fully saturated rings. The van der Waals surface area contributed by atoms with Crippen LogP contribution in [0, 0.1) is 5.92 Å². The second-order valence-electron chi connectivity index (χ2n) is 3.86. The van der Waals surface area contributed by atoms with Crippen LogP contribution < -0.4 is 0 Å². The zero-order valence-electron chi connectivity index (χ0n) is 10.2. The van der Waals surface area contributed by atoms with E-state index in [1.807, 2.05) is 0 Å². The molecule has 1 heterocycles. The fourth-order valence-corrected chi connectivity index (χ4v) is 1.79. The SMILES string of the molecule is CCOOC(O)C1CCN(C(O)OOC)CC1. The Kier molecular flexibility index (Phi) is 6.90. The molecule has 2 atom stereocenters. The van der Waals surface area contributed by atoms with Crippen LogP contribution in [-0.2, 0) is 19.6 Å². The first-order valence-corrected chi connectivity index (χ1v) is 5.77. The Bertz CT molecular complexity index is 197. The van der Waals surface area contributed by atoms with Gasteiger partial charge in [-0.05, 0) is 19.8 Å². The first-order chi connectivity index (χ1) is 8.19. The molecule has 1 rings (SSSR count). The predicted molar refractivity (Wildman–Crippen MR) is 57.1 cm³/mol. The zero-order valence-corrected chi connectivity index (χ0v) is 10.2. The van der Waals surface area contributed by atoms with Crippen LogP contribution in [0.5, 0.6) is 0 Å². The number of likely N-dealkylation sites (tertiary alicyclic amines) is 1. The summed E-state index contributed by atoms with van der Waals surface area (Å²) < 4.78 is 0. The van der Waals surface area contributed by atoms with E-state index in [4.69, 9.17) is 9.78 Å². The molecule has 1 aliphatic rings. The van der Waals surface area contributed by atoms with Crippen molar-refractivity contribution in [2.45, 2.75) is 32.5 Å². The maximum Gasteiger partial charge on any atom is 0.247 e.